The number of hydrogen-bond acceptors (Lipinski definition) is 2. The van der Waals surface area contributed by atoms with Crippen LogP contribution in [-0.2, 0) is 0 Å². The lowest BCUT2D eigenvalue weighted by atomic mass is 10.1. The predicted octanol–water partition coefficient (Wildman–Crippen LogP) is 1.27. The molecule has 0 aromatic carbocycles. The summed E-state index contributed by atoms with van der Waals surface area (Å²) >= 11 is 1.91. The molecular formula is C7H13NS. The van der Waals surface area contributed by atoms with Crippen LogP contribution >= 0.6 is 11.8 Å². The Morgan fingerprint density at radius 3 is 3.22 bits per heavy atom. The maximum atomic E-state index is 3.29. The first-order valence-electron chi connectivity index (χ1n) is 3.31. The molecule has 0 fully saturated rings. The molecule has 0 aromatic rings. The van der Waals surface area contributed by atoms with Gasteiger partial charge in [-0.15, -0.1) is 0 Å². The van der Waals surface area contributed by atoms with E-state index in [-0.39, 0.29) is 0 Å². The third-order valence-electron chi connectivity index (χ3n) is 1.49. The molecule has 2 heteroatoms. The predicted molar refractivity (Wildman–Crippen MR) is 44.0 cm³/mol. The Kier molecular flexibility index (Phi) is 3.15. The Morgan fingerprint density at radius 2 is 2.67 bits per heavy atom. The highest BCUT2D eigenvalue weighted by Crippen LogP contribution is 2.09. The molecule has 0 spiro atoms. The van der Waals surface area contributed by atoms with Gasteiger partial charge in [-0.25, -0.2) is 0 Å². The summed E-state index contributed by atoms with van der Waals surface area (Å²) in [6, 6.07) is 0. The van der Waals surface area contributed by atoms with Crippen molar-refractivity contribution in [2.75, 3.05) is 25.1 Å². The normalized spacial score (nSPS) is 19.4. The van der Waals surface area contributed by atoms with Gasteiger partial charge in [0.1, 0.15) is 0 Å². The summed E-state index contributed by atoms with van der Waals surface area (Å²) in [4.78, 5) is 0. The fourth-order valence-corrected chi connectivity index (χ4v) is 1.62. The van der Waals surface area contributed by atoms with Crippen molar-refractivity contribution >= 4 is 11.8 Å². The molecular weight excluding hydrogens is 130 g/mol. The quantitative estimate of drug-likeness (QED) is 0.584. The van der Waals surface area contributed by atoms with Crippen molar-refractivity contribution < 1.29 is 0 Å². The summed E-state index contributed by atoms with van der Waals surface area (Å²) < 4.78 is 0. The largest absolute Gasteiger partial charge is 0.313 e. The number of rotatable bonds is 2. The van der Waals surface area contributed by atoms with Gasteiger partial charge in [-0.3, -0.25) is 0 Å². The van der Waals surface area contributed by atoms with Crippen LogP contribution in [0.4, 0.5) is 0 Å². The van der Waals surface area contributed by atoms with Crippen LogP contribution in [0.3, 0.4) is 0 Å². The maximum Gasteiger partial charge on any atom is 0.0141 e. The van der Waals surface area contributed by atoms with Gasteiger partial charge in [0, 0.05) is 12.3 Å². The van der Waals surface area contributed by atoms with Gasteiger partial charge >= 0.3 is 0 Å². The zero-order valence-corrected chi connectivity index (χ0v) is 6.63. The summed E-state index contributed by atoms with van der Waals surface area (Å²) in [5, 5.41) is 3.29. The molecule has 0 saturated carbocycles. The summed E-state index contributed by atoms with van der Waals surface area (Å²) in [6.07, 6.45) is 5.71. The van der Waals surface area contributed by atoms with E-state index in [0.717, 1.165) is 6.54 Å². The highest BCUT2D eigenvalue weighted by Gasteiger charge is 1.99. The van der Waals surface area contributed by atoms with Crippen molar-refractivity contribution in [2.24, 2.45) is 0 Å². The smallest absolute Gasteiger partial charge is 0.0141 e. The average Bonchev–Trinajstić information content (AvgIpc) is 1.91. The Hall–Kier alpha value is 0.0500. The summed E-state index contributed by atoms with van der Waals surface area (Å²) in [5.41, 5.74) is 1.61. The summed E-state index contributed by atoms with van der Waals surface area (Å²) in [7, 11) is 0. The van der Waals surface area contributed by atoms with Gasteiger partial charge in [-0.2, -0.15) is 11.8 Å². The van der Waals surface area contributed by atoms with E-state index in [9.17, 15) is 0 Å². The van der Waals surface area contributed by atoms with Crippen molar-refractivity contribution in [2.45, 2.75) is 6.42 Å². The molecule has 1 aliphatic rings. The molecule has 0 bridgehead atoms. The molecule has 1 nitrogen and oxygen atoms in total. The van der Waals surface area contributed by atoms with E-state index in [1.807, 2.05) is 11.8 Å². The molecule has 0 aromatic heterocycles. The van der Waals surface area contributed by atoms with Gasteiger partial charge in [0.15, 0.2) is 0 Å². The van der Waals surface area contributed by atoms with Gasteiger partial charge in [-0.1, -0.05) is 11.6 Å². The summed E-state index contributed by atoms with van der Waals surface area (Å²) in [5.74, 6) is 1.22. The minimum Gasteiger partial charge on any atom is -0.313 e. The van der Waals surface area contributed by atoms with Crippen LogP contribution < -0.4 is 5.32 Å². The van der Waals surface area contributed by atoms with Gasteiger partial charge in [-0.05, 0) is 19.2 Å². The Bertz CT molecular complexity index is 109. The highest BCUT2D eigenvalue weighted by molar-refractivity contribution is 7.98. The highest BCUT2D eigenvalue weighted by atomic mass is 32.2. The van der Waals surface area contributed by atoms with Gasteiger partial charge < -0.3 is 5.32 Å². The molecule has 1 heterocycles. The molecule has 0 unspecified atom stereocenters. The van der Waals surface area contributed by atoms with E-state index < -0.39 is 0 Å². The van der Waals surface area contributed by atoms with Crippen LogP contribution in [0.2, 0.25) is 0 Å². The molecule has 52 valence electrons. The minimum absolute atomic E-state index is 1.08. The van der Waals surface area contributed by atoms with E-state index in [1.54, 1.807) is 5.57 Å². The molecule has 0 atom stereocenters. The number of hydrogen-bond donors (Lipinski definition) is 1. The van der Waals surface area contributed by atoms with Gasteiger partial charge in [0.05, 0.1) is 0 Å². The van der Waals surface area contributed by atoms with Crippen molar-refractivity contribution in [3.05, 3.63) is 11.6 Å². The SMILES string of the molecule is CSCC1=CCNCC1. The van der Waals surface area contributed by atoms with Gasteiger partial charge in [0.2, 0.25) is 0 Å². The van der Waals surface area contributed by atoms with Crippen molar-refractivity contribution in [3.8, 4) is 0 Å². The molecule has 9 heavy (non-hydrogen) atoms. The standard InChI is InChI=1S/C7H13NS/c1-9-6-7-2-4-8-5-3-7/h2,8H,3-6H2,1H3. The van der Waals surface area contributed by atoms with E-state index in [2.05, 4.69) is 17.6 Å². The summed E-state index contributed by atoms with van der Waals surface area (Å²) in [6.45, 7) is 2.25. The van der Waals surface area contributed by atoms with Crippen LogP contribution in [0.25, 0.3) is 0 Å². The fourth-order valence-electron chi connectivity index (χ4n) is 0.986. The maximum absolute atomic E-state index is 3.29. The van der Waals surface area contributed by atoms with Crippen molar-refractivity contribution in [1.82, 2.24) is 5.32 Å². The lowest BCUT2D eigenvalue weighted by Crippen LogP contribution is -2.21. The molecule has 0 radical (unpaired) electrons. The minimum atomic E-state index is 1.08. The average molecular weight is 143 g/mol. The topological polar surface area (TPSA) is 12.0 Å². The Morgan fingerprint density at radius 1 is 1.78 bits per heavy atom. The zero-order chi connectivity index (χ0) is 6.53. The van der Waals surface area contributed by atoms with Crippen LogP contribution in [0, 0.1) is 0 Å². The number of nitrogens with one attached hydrogen (secondary N) is 1. The van der Waals surface area contributed by atoms with Crippen molar-refractivity contribution in [3.63, 3.8) is 0 Å². The monoisotopic (exact) mass is 143 g/mol. The van der Waals surface area contributed by atoms with Crippen molar-refractivity contribution in [1.29, 1.82) is 0 Å². The van der Waals surface area contributed by atoms with E-state index >= 15 is 0 Å². The van der Waals surface area contributed by atoms with Crippen LogP contribution in [0.1, 0.15) is 6.42 Å². The molecule has 1 rings (SSSR count). The molecule has 1 N–H and O–H groups in total. The van der Waals surface area contributed by atoms with E-state index in [0.29, 0.717) is 0 Å². The first-order valence-corrected chi connectivity index (χ1v) is 4.70. The third kappa shape index (κ3) is 2.41. The third-order valence-corrected chi connectivity index (χ3v) is 2.15. The first-order chi connectivity index (χ1) is 4.43. The van der Waals surface area contributed by atoms with E-state index in [1.165, 1.54) is 18.7 Å². The molecule has 1 aliphatic heterocycles. The molecule has 0 saturated heterocycles. The van der Waals surface area contributed by atoms with Crippen LogP contribution in [0.15, 0.2) is 11.6 Å². The lowest BCUT2D eigenvalue weighted by Gasteiger charge is -2.11. The Balaban J connectivity index is 2.28. The van der Waals surface area contributed by atoms with Gasteiger partial charge in [0.25, 0.3) is 0 Å². The Labute approximate surface area is 60.9 Å². The van der Waals surface area contributed by atoms with Crippen LogP contribution in [0.5, 0.6) is 0 Å². The fraction of sp³-hybridized carbons (Fsp3) is 0.714. The second-order valence-electron chi connectivity index (χ2n) is 2.25. The molecule has 0 aliphatic carbocycles. The number of thioether (sulfide) groups is 1. The van der Waals surface area contributed by atoms with Crippen LogP contribution in [-0.4, -0.2) is 25.1 Å². The zero-order valence-electron chi connectivity index (χ0n) is 5.81. The lowest BCUT2D eigenvalue weighted by molar-refractivity contribution is 0.705. The second kappa shape index (κ2) is 3.96. The van der Waals surface area contributed by atoms with E-state index in [4.69, 9.17) is 0 Å². The molecule has 0 amide bonds. The second-order valence-corrected chi connectivity index (χ2v) is 3.12. The first kappa shape index (κ1) is 7.16.